The van der Waals surface area contributed by atoms with Crippen LogP contribution in [0, 0.1) is 0 Å². The molecule has 0 saturated carbocycles. The van der Waals surface area contributed by atoms with Gasteiger partial charge in [0.05, 0.1) is 7.11 Å². The van der Waals surface area contributed by atoms with Gasteiger partial charge in [0.25, 0.3) is 0 Å². The molecular weight excluding hydrogens is 241 g/mol. The van der Waals surface area contributed by atoms with E-state index in [0.717, 1.165) is 25.1 Å². The highest BCUT2D eigenvalue weighted by Gasteiger charge is 2.18. The fraction of sp³-hybridized carbons (Fsp3) is 0.571. The average Bonchev–Trinajstić information content (AvgIpc) is 2.37. The van der Waals surface area contributed by atoms with Crippen molar-refractivity contribution in [2.45, 2.75) is 39.8 Å². The van der Waals surface area contributed by atoms with Gasteiger partial charge in [-0.15, -0.1) is 0 Å². The molecule has 0 aromatic heterocycles. The van der Waals surface area contributed by atoms with Gasteiger partial charge in [-0.3, -0.25) is 4.90 Å². The summed E-state index contributed by atoms with van der Waals surface area (Å²) < 4.78 is 5.13. The number of ether oxygens (including phenoxy) is 1. The number of hydrogen-bond donors (Lipinski definition) is 2. The van der Waals surface area contributed by atoms with Gasteiger partial charge in [-0.1, -0.05) is 19.1 Å². The minimum absolute atomic E-state index is 0.417. The van der Waals surface area contributed by atoms with Crippen molar-refractivity contribution >= 4 is 12.6 Å². The van der Waals surface area contributed by atoms with Gasteiger partial charge in [0.1, 0.15) is 5.75 Å². The molecule has 0 bridgehead atoms. The highest BCUT2D eigenvalue weighted by molar-refractivity contribution is 6.59. The summed E-state index contributed by atoms with van der Waals surface area (Å²) >= 11 is 0. The SMILES string of the molecule is CCCN(Cc1ccc(OC)c(B(O)O)c1)C(C)C. The van der Waals surface area contributed by atoms with E-state index >= 15 is 0 Å². The molecule has 0 unspecified atom stereocenters. The Hall–Kier alpha value is -1.04. The lowest BCUT2D eigenvalue weighted by Gasteiger charge is -2.26. The van der Waals surface area contributed by atoms with Crippen LogP contribution in [0.4, 0.5) is 0 Å². The molecule has 1 aromatic carbocycles. The topological polar surface area (TPSA) is 52.9 Å². The molecule has 0 aliphatic heterocycles. The van der Waals surface area contributed by atoms with Crippen LogP contribution in [-0.2, 0) is 6.54 Å². The quantitative estimate of drug-likeness (QED) is 0.722. The van der Waals surface area contributed by atoms with Crippen molar-refractivity contribution in [2.75, 3.05) is 13.7 Å². The second kappa shape index (κ2) is 7.53. The van der Waals surface area contributed by atoms with Crippen LogP contribution in [-0.4, -0.2) is 41.8 Å². The van der Waals surface area contributed by atoms with E-state index in [0.29, 0.717) is 17.3 Å². The molecule has 106 valence electrons. The number of nitrogens with zero attached hydrogens (tertiary/aromatic N) is 1. The first kappa shape index (κ1) is 16.0. The Morgan fingerprint density at radius 1 is 1.32 bits per heavy atom. The van der Waals surface area contributed by atoms with Crippen molar-refractivity contribution in [3.8, 4) is 5.75 Å². The first-order valence-corrected chi connectivity index (χ1v) is 6.76. The molecule has 0 fully saturated rings. The van der Waals surface area contributed by atoms with Gasteiger partial charge >= 0.3 is 7.12 Å². The summed E-state index contributed by atoms with van der Waals surface area (Å²) in [5.41, 5.74) is 1.48. The lowest BCUT2D eigenvalue weighted by molar-refractivity contribution is 0.213. The smallest absolute Gasteiger partial charge is 0.492 e. The number of hydrogen-bond acceptors (Lipinski definition) is 4. The first-order valence-electron chi connectivity index (χ1n) is 6.76. The predicted molar refractivity (Wildman–Crippen MR) is 78.7 cm³/mol. The van der Waals surface area contributed by atoms with Gasteiger partial charge in [0.2, 0.25) is 0 Å². The Kier molecular flexibility index (Phi) is 6.35. The third-order valence-corrected chi connectivity index (χ3v) is 3.20. The zero-order valence-corrected chi connectivity index (χ0v) is 12.3. The second-order valence-corrected chi connectivity index (χ2v) is 5.01. The van der Waals surface area contributed by atoms with Crippen LogP contribution < -0.4 is 10.2 Å². The molecule has 1 aromatic rings. The van der Waals surface area contributed by atoms with Crippen LogP contribution >= 0.6 is 0 Å². The van der Waals surface area contributed by atoms with E-state index < -0.39 is 7.12 Å². The van der Waals surface area contributed by atoms with Crippen LogP contribution in [0.3, 0.4) is 0 Å². The van der Waals surface area contributed by atoms with Gasteiger partial charge in [-0.2, -0.15) is 0 Å². The largest absolute Gasteiger partial charge is 0.497 e. The molecule has 4 nitrogen and oxygen atoms in total. The lowest BCUT2D eigenvalue weighted by Crippen LogP contribution is -2.34. The van der Waals surface area contributed by atoms with Gasteiger partial charge in [-0.25, -0.2) is 0 Å². The molecule has 2 N–H and O–H groups in total. The monoisotopic (exact) mass is 265 g/mol. The van der Waals surface area contributed by atoms with Crippen LogP contribution in [0.15, 0.2) is 18.2 Å². The van der Waals surface area contributed by atoms with Crippen molar-refractivity contribution in [1.82, 2.24) is 4.90 Å². The summed E-state index contributed by atoms with van der Waals surface area (Å²) in [5.74, 6) is 0.505. The molecule has 0 radical (unpaired) electrons. The molecule has 5 heteroatoms. The zero-order valence-electron chi connectivity index (χ0n) is 12.3. The van der Waals surface area contributed by atoms with Crippen molar-refractivity contribution in [2.24, 2.45) is 0 Å². The fourth-order valence-electron chi connectivity index (χ4n) is 2.13. The fourth-order valence-corrected chi connectivity index (χ4v) is 2.13. The molecule has 0 spiro atoms. The van der Waals surface area contributed by atoms with Gasteiger partial charge in [0, 0.05) is 18.0 Å². The van der Waals surface area contributed by atoms with Crippen LogP contribution in [0.2, 0.25) is 0 Å². The maximum Gasteiger partial charge on any atom is 0.492 e. The maximum atomic E-state index is 9.37. The normalized spacial score (nSPS) is 11.2. The van der Waals surface area contributed by atoms with Gasteiger partial charge in [-0.05, 0) is 38.4 Å². The van der Waals surface area contributed by atoms with Crippen LogP contribution in [0.1, 0.15) is 32.8 Å². The molecule has 19 heavy (non-hydrogen) atoms. The minimum atomic E-state index is -1.51. The molecule has 0 aliphatic carbocycles. The molecule has 0 atom stereocenters. The molecule has 0 heterocycles. The van der Waals surface area contributed by atoms with E-state index in [1.54, 1.807) is 12.1 Å². The third-order valence-electron chi connectivity index (χ3n) is 3.20. The second-order valence-electron chi connectivity index (χ2n) is 5.01. The molecule has 1 rings (SSSR count). The molecule has 0 saturated heterocycles. The number of rotatable bonds is 7. The first-order chi connectivity index (χ1) is 8.99. The average molecular weight is 265 g/mol. The van der Waals surface area contributed by atoms with Crippen LogP contribution in [0.5, 0.6) is 5.75 Å². The van der Waals surface area contributed by atoms with Gasteiger partial charge < -0.3 is 14.8 Å². The van der Waals surface area contributed by atoms with Crippen molar-refractivity contribution in [3.05, 3.63) is 23.8 Å². The van der Waals surface area contributed by atoms with Crippen molar-refractivity contribution < 1.29 is 14.8 Å². The van der Waals surface area contributed by atoms with E-state index in [4.69, 9.17) is 4.74 Å². The minimum Gasteiger partial charge on any atom is -0.497 e. The van der Waals surface area contributed by atoms with E-state index in [9.17, 15) is 10.0 Å². The zero-order chi connectivity index (χ0) is 14.4. The van der Waals surface area contributed by atoms with Crippen LogP contribution in [0.25, 0.3) is 0 Å². The van der Waals surface area contributed by atoms with E-state index in [-0.39, 0.29) is 0 Å². The Bertz CT molecular complexity index is 396. The lowest BCUT2D eigenvalue weighted by atomic mass is 9.78. The summed E-state index contributed by atoms with van der Waals surface area (Å²) in [5, 5.41) is 18.7. The highest BCUT2D eigenvalue weighted by Crippen LogP contribution is 2.13. The van der Waals surface area contributed by atoms with E-state index in [2.05, 4.69) is 25.7 Å². The Morgan fingerprint density at radius 3 is 2.47 bits per heavy atom. The summed E-state index contributed by atoms with van der Waals surface area (Å²) in [6, 6.07) is 6.02. The Labute approximate surface area is 116 Å². The van der Waals surface area contributed by atoms with Crippen molar-refractivity contribution in [3.63, 3.8) is 0 Å². The Balaban J connectivity index is 2.92. The van der Waals surface area contributed by atoms with E-state index in [1.807, 2.05) is 6.07 Å². The third kappa shape index (κ3) is 4.53. The summed E-state index contributed by atoms with van der Waals surface area (Å²) in [6.07, 6.45) is 1.10. The molecular formula is C14H24BNO3. The standard InChI is InChI=1S/C14H24BNO3/c1-5-8-16(11(2)3)10-12-6-7-14(19-4)13(9-12)15(17)18/h6-7,9,11,17-18H,5,8,10H2,1-4H3. The maximum absolute atomic E-state index is 9.37. The van der Waals surface area contributed by atoms with Gasteiger partial charge in [0.15, 0.2) is 0 Å². The molecule has 0 aliphatic rings. The summed E-state index contributed by atoms with van der Waals surface area (Å²) in [6.45, 7) is 8.32. The molecule has 0 amide bonds. The number of methoxy groups -OCH3 is 1. The highest BCUT2D eigenvalue weighted by atomic mass is 16.5. The summed E-state index contributed by atoms with van der Waals surface area (Å²) in [4.78, 5) is 2.36. The summed E-state index contributed by atoms with van der Waals surface area (Å²) in [7, 11) is 0.0202. The number of benzene rings is 1. The predicted octanol–water partition coefficient (Wildman–Crippen LogP) is 0.995. The van der Waals surface area contributed by atoms with Crippen molar-refractivity contribution in [1.29, 1.82) is 0 Å². The Morgan fingerprint density at radius 2 is 2.00 bits per heavy atom. The van der Waals surface area contributed by atoms with E-state index in [1.165, 1.54) is 7.11 Å².